The molecule has 1 aromatic carbocycles. The lowest BCUT2D eigenvalue weighted by Gasteiger charge is -2.23. The number of hydrogen-bond donors (Lipinski definition) is 2. The van der Waals surface area contributed by atoms with Gasteiger partial charge in [0.15, 0.2) is 0 Å². The molecule has 14 heavy (non-hydrogen) atoms. The Morgan fingerprint density at radius 1 is 1.43 bits per heavy atom. The molecule has 1 unspecified atom stereocenters. The highest BCUT2D eigenvalue weighted by Gasteiger charge is 2.24. The summed E-state index contributed by atoms with van der Waals surface area (Å²) in [5, 5.41) is 19.4. The Kier molecular flexibility index (Phi) is 2.33. The summed E-state index contributed by atoms with van der Waals surface area (Å²) in [5.74, 6) is 0.935. The van der Waals surface area contributed by atoms with Crippen LogP contribution in [0.1, 0.15) is 30.1 Å². The monoisotopic (exact) mass is 194 g/mol. The average Bonchev–Trinajstić information content (AvgIpc) is 2.18. The lowest BCUT2D eigenvalue weighted by atomic mass is 9.88. The second kappa shape index (κ2) is 3.50. The van der Waals surface area contributed by atoms with E-state index in [9.17, 15) is 10.2 Å². The molecule has 3 nitrogen and oxygen atoms in total. The molecule has 0 fully saturated rings. The summed E-state index contributed by atoms with van der Waals surface area (Å²) in [6, 6.07) is 3.32. The molecule has 0 heterocycles. The largest absolute Gasteiger partial charge is 0.508 e. The molecule has 0 aliphatic heterocycles. The smallest absolute Gasteiger partial charge is 0.122 e. The van der Waals surface area contributed by atoms with Gasteiger partial charge in [-0.3, -0.25) is 0 Å². The minimum Gasteiger partial charge on any atom is -0.508 e. The van der Waals surface area contributed by atoms with Gasteiger partial charge in [0.1, 0.15) is 11.5 Å². The Hall–Kier alpha value is -1.22. The van der Waals surface area contributed by atoms with Gasteiger partial charge in [-0.25, -0.2) is 0 Å². The summed E-state index contributed by atoms with van der Waals surface area (Å²) in [5.41, 5.74) is 1.60. The SMILES string of the molecule is COc1ccc(O)c2c1CCCC2O. The number of phenols is 1. The van der Waals surface area contributed by atoms with E-state index < -0.39 is 6.10 Å². The van der Waals surface area contributed by atoms with E-state index in [2.05, 4.69) is 0 Å². The first-order valence-corrected chi connectivity index (χ1v) is 4.81. The molecule has 2 N–H and O–H groups in total. The molecule has 0 aromatic heterocycles. The number of rotatable bonds is 1. The summed E-state index contributed by atoms with van der Waals surface area (Å²) in [4.78, 5) is 0. The van der Waals surface area contributed by atoms with E-state index in [0.717, 1.165) is 24.2 Å². The van der Waals surface area contributed by atoms with Gasteiger partial charge in [0.2, 0.25) is 0 Å². The molecule has 2 rings (SSSR count). The number of methoxy groups -OCH3 is 1. The van der Waals surface area contributed by atoms with Crippen LogP contribution >= 0.6 is 0 Å². The highest BCUT2D eigenvalue weighted by Crippen LogP contribution is 2.40. The summed E-state index contributed by atoms with van der Waals surface area (Å²) >= 11 is 0. The maximum atomic E-state index is 9.75. The summed E-state index contributed by atoms with van der Waals surface area (Å²) in [6.45, 7) is 0. The number of phenolic OH excluding ortho intramolecular Hbond substituents is 1. The Morgan fingerprint density at radius 3 is 2.93 bits per heavy atom. The van der Waals surface area contributed by atoms with Crippen LogP contribution in [0.25, 0.3) is 0 Å². The van der Waals surface area contributed by atoms with Gasteiger partial charge in [-0.15, -0.1) is 0 Å². The fourth-order valence-corrected chi connectivity index (χ4v) is 2.07. The summed E-state index contributed by atoms with van der Waals surface area (Å²) in [6.07, 6.45) is 1.97. The van der Waals surface area contributed by atoms with E-state index in [1.54, 1.807) is 19.2 Å². The zero-order valence-corrected chi connectivity index (χ0v) is 8.16. The van der Waals surface area contributed by atoms with Crippen LogP contribution in [-0.4, -0.2) is 17.3 Å². The zero-order chi connectivity index (χ0) is 10.1. The summed E-state index contributed by atoms with van der Waals surface area (Å²) in [7, 11) is 1.60. The van der Waals surface area contributed by atoms with Crippen LogP contribution in [0.2, 0.25) is 0 Å². The van der Waals surface area contributed by atoms with Gasteiger partial charge in [-0.1, -0.05) is 0 Å². The number of fused-ring (bicyclic) bond motifs is 1. The molecule has 76 valence electrons. The zero-order valence-electron chi connectivity index (χ0n) is 8.16. The van der Waals surface area contributed by atoms with Crippen molar-refractivity contribution in [3.05, 3.63) is 23.3 Å². The molecule has 0 spiro atoms. The third-order valence-electron chi connectivity index (χ3n) is 2.75. The van der Waals surface area contributed by atoms with Crippen molar-refractivity contribution < 1.29 is 14.9 Å². The van der Waals surface area contributed by atoms with Crippen LogP contribution in [0, 0.1) is 0 Å². The molecule has 1 aliphatic rings. The first-order chi connectivity index (χ1) is 6.74. The maximum absolute atomic E-state index is 9.75. The van der Waals surface area contributed by atoms with Crippen molar-refractivity contribution >= 4 is 0 Å². The van der Waals surface area contributed by atoms with Crippen molar-refractivity contribution in [3.63, 3.8) is 0 Å². The number of benzene rings is 1. The van der Waals surface area contributed by atoms with Gasteiger partial charge in [0.05, 0.1) is 13.2 Å². The van der Waals surface area contributed by atoms with Gasteiger partial charge in [0, 0.05) is 11.1 Å². The molecule has 1 aliphatic carbocycles. The van der Waals surface area contributed by atoms with Gasteiger partial charge in [-0.05, 0) is 31.4 Å². The lowest BCUT2D eigenvalue weighted by Crippen LogP contribution is -2.10. The van der Waals surface area contributed by atoms with Crippen LogP contribution in [0.3, 0.4) is 0 Å². The third kappa shape index (κ3) is 1.34. The van der Waals surface area contributed by atoms with Crippen molar-refractivity contribution in [1.29, 1.82) is 0 Å². The Morgan fingerprint density at radius 2 is 2.21 bits per heavy atom. The summed E-state index contributed by atoms with van der Waals surface area (Å²) < 4.78 is 5.19. The molecule has 1 atom stereocenters. The highest BCUT2D eigenvalue weighted by atomic mass is 16.5. The van der Waals surface area contributed by atoms with E-state index in [4.69, 9.17) is 4.74 Å². The highest BCUT2D eigenvalue weighted by molar-refractivity contribution is 5.50. The van der Waals surface area contributed by atoms with Crippen LogP contribution in [0.15, 0.2) is 12.1 Å². The molecule has 3 heteroatoms. The second-order valence-corrected chi connectivity index (χ2v) is 3.59. The first-order valence-electron chi connectivity index (χ1n) is 4.81. The van der Waals surface area contributed by atoms with Crippen LogP contribution in [-0.2, 0) is 6.42 Å². The molecule has 0 bridgehead atoms. The van der Waals surface area contributed by atoms with Gasteiger partial charge in [0.25, 0.3) is 0 Å². The van der Waals surface area contributed by atoms with E-state index in [0.29, 0.717) is 12.0 Å². The molecule has 0 saturated carbocycles. The third-order valence-corrected chi connectivity index (χ3v) is 2.75. The Bertz CT molecular complexity index is 347. The number of aromatic hydroxyl groups is 1. The van der Waals surface area contributed by atoms with Crippen molar-refractivity contribution in [2.24, 2.45) is 0 Å². The number of hydrogen-bond acceptors (Lipinski definition) is 3. The molecule has 0 saturated heterocycles. The molecule has 0 amide bonds. The van der Waals surface area contributed by atoms with Crippen molar-refractivity contribution in [3.8, 4) is 11.5 Å². The standard InChI is InChI=1S/C11H14O3/c1-14-10-6-5-9(13)11-7(10)3-2-4-8(11)12/h5-6,8,12-13H,2-4H2,1H3. The van der Waals surface area contributed by atoms with Crippen LogP contribution < -0.4 is 4.74 Å². The Balaban J connectivity index is 2.57. The lowest BCUT2D eigenvalue weighted by molar-refractivity contribution is 0.151. The fourth-order valence-electron chi connectivity index (χ4n) is 2.07. The van der Waals surface area contributed by atoms with Crippen molar-refractivity contribution in [2.45, 2.75) is 25.4 Å². The van der Waals surface area contributed by atoms with E-state index in [-0.39, 0.29) is 5.75 Å². The molecule has 0 radical (unpaired) electrons. The van der Waals surface area contributed by atoms with E-state index in [1.807, 2.05) is 0 Å². The molecule has 1 aromatic rings. The van der Waals surface area contributed by atoms with Gasteiger partial charge in [-0.2, -0.15) is 0 Å². The van der Waals surface area contributed by atoms with E-state index >= 15 is 0 Å². The average molecular weight is 194 g/mol. The number of aliphatic hydroxyl groups excluding tert-OH is 1. The second-order valence-electron chi connectivity index (χ2n) is 3.59. The minimum atomic E-state index is -0.547. The number of ether oxygens (including phenoxy) is 1. The molecular weight excluding hydrogens is 180 g/mol. The van der Waals surface area contributed by atoms with Crippen LogP contribution in [0.4, 0.5) is 0 Å². The van der Waals surface area contributed by atoms with Crippen LogP contribution in [0.5, 0.6) is 11.5 Å². The topological polar surface area (TPSA) is 49.7 Å². The van der Waals surface area contributed by atoms with Gasteiger partial charge >= 0.3 is 0 Å². The Labute approximate surface area is 83.0 Å². The van der Waals surface area contributed by atoms with Crippen molar-refractivity contribution in [1.82, 2.24) is 0 Å². The van der Waals surface area contributed by atoms with E-state index in [1.165, 1.54) is 0 Å². The van der Waals surface area contributed by atoms with Crippen molar-refractivity contribution in [2.75, 3.05) is 7.11 Å². The minimum absolute atomic E-state index is 0.174. The first kappa shape index (κ1) is 9.34. The quantitative estimate of drug-likeness (QED) is 0.716. The number of aliphatic hydroxyl groups is 1. The maximum Gasteiger partial charge on any atom is 0.122 e. The fraction of sp³-hybridized carbons (Fsp3) is 0.455. The predicted molar refractivity (Wildman–Crippen MR) is 52.6 cm³/mol. The molecular formula is C11H14O3. The van der Waals surface area contributed by atoms with Gasteiger partial charge < -0.3 is 14.9 Å². The predicted octanol–water partition coefficient (Wildman–Crippen LogP) is 1.77. The normalized spacial score (nSPS) is 20.3.